The fourth-order valence-electron chi connectivity index (χ4n) is 5.29. The number of sulfonamides is 1. The zero-order valence-corrected chi connectivity index (χ0v) is 20.8. The molecule has 7 heteroatoms. The molecule has 0 bridgehead atoms. The Morgan fingerprint density at radius 3 is 2.21 bits per heavy atom. The average molecular weight is 470 g/mol. The number of hydrogen-bond acceptors (Lipinski definition) is 4. The van der Waals surface area contributed by atoms with Gasteiger partial charge in [-0.3, -0.25) is 9.69 Å². The molecule has 4 rings (SSSR count). The first-order valence-electron chi connectivity index (χ1n) is 11.9. The topological polar surface area (TPSA) is 60.9 Å². The second-order valence-electron chi connectivity index (χ2n) is 9.52. The lowest BCUT2D eigenvalue weighted by Crippen LogP contribution is -2.52. The van der Waals surface area contributed by atoms with Crippen LogP contribution in [0.4, 0.5) is 0 Å². The molecule has 178 valence electrons. The quantitative estimate of drug-likeness (QED) is 0.674. The molecule has 0 aromatic heterocycles. The molecule has 2 aliphatic heterocycles. The van der Waals surface area contributed by atoms with Crippen LogP contribution in [0.5, 0.6) is 0 Å². The van der Waals surface area contributed by atoms with Crippen LogP contribution in [0.3, 0.4) is 0 Å². The highest BCUT2D eigenvalue weighted by Crippen LogP contribution is 2.29. The lowest BCUT2D eigenvalue weighted by molar-refractivity contribution is -0.138. The second kappa shape index (κ2) is 9.95. The van der Waals surface area contributed by atoms with Crippen LogP contribution in [-0.4, -0.2) is 67.7 Å². The summed E-state index contributed by atoms with van der Waals surface area (Å²) in [4.78, 5) is 18.0. The number of benzene rings is 2. The Balaban J connectivity index is 1.39. The van der Waals surface area contributed by atoms with Gasteiger partial charge >= 0.3 is 0 Å². The summed E-state index contributed by atoms with van der Waals surface area (Å²) >= 11 is 0. The Bertz CT molecular complexity index is 1070. The van der Waals surface area contributed by atoms with E-state index in [2.05, 4.69) is 29.2 Å². The highest BCUT2D eigenvalue weighted by molar-refractivity contribution is 7.89. The highest BCUT2D eigenvalue weighted by atomic mass is 32.2. The molecule has 0 saturated carbocycles. The van der Waals surface area contributed by atoms with E-state index in [0.29, 0.717) is 31.0 Å². The molecule has 6 nitrogen and oxygen atoms in total. The van der Waals surface area contributed by atoms with Gasteiger partial charge in [0.2, 0.25) is 15.9 Å². The largest absolute Gasteiger partial charge is 0.340 e. The first-order chi connectivity index (χ1) is 15.8. The van der Waals surface area contributed by atoms with Crippen molar-refractivity contribution in [3.05, 3.63) is 64.7 Å². The number of rotatable bonds is 5. The molecule has 2 aromatic rings. The van der Waals surface area contributed by atoms with E-state index in [1.807, 2.05) is 43.9 Å². The fraction of sp³-hybridized carbons (Fsp3) is 0.500. The average Bonchev–Trinajstić information content (AvgIpc) is 2.79. The van der Waals surface area contributed by atoms with E-state index in [0.717, 1.165) is 42.7 Å². The number of amides is 1. The smallest absolute Gasteiger partial charge is 0.243 e. The van der Waals surface area contributed by atoms with Crippen molar-refractivity contribution in [1.82, 2.24) is 14.1 Å². The van der Waals surface area contributed by atoms with Crippen molar-refractivity contribution in [2.45, 2.75) is 45.1 Å². The Labute approximate surface area is 198 Å². The number of piperidine rings is 1. The molecule has 2 saturated heterocycles. The monoisotopic (exact) mass is 469 g/mol. The van der Waals surface area contributed by atoms with Crippen LogP contribution < -0.4 is 0 Å². The van der Waals surface area contributed by atoms with Crippen molar-refractivity contribution < 1.29 is 13.2 Å². The second-order valence-corrected chi connectivity index (χ2v) is 11.4. The predicted molar refractivity (Wildman–Crippen MR) is 130 cm³/mol. The van der Waals surface area contributed by atoms with Crippen LogP contribution >= 0.6 is 0 Å². The van der Waals surface area contributed by atoms with Gasteiger partial charge in [-0.1, -0.05) is 48.0 Å². The van der Waals surface area contributed by atoms with E-state index in [1.54, 1.807) is 0 Å². The molecule has 2 fully saturated rings. The van der Waals surface area contributed by atoms with E-state index >= 15 is 0 Å². The van der Waals surface area contributed by atoms with Crippen LogP contribution in [0.1, 0.15) is 35.1 Å². The maximum atomic E-state index is 13.5. The van der Waals surface area contributed by atoms with Gasteiger partial charge in [0.15, 0.2) is 0 Å². The SMILES string of the molecule is Cc1cc(C)c(S(=O)(=O)N2CCC[C@@H](C(=O)N3CCN(Cc4ccccc4)CC3)C2)c(C)c1. The molecule has 2 aliphatic rings. The minimum atomic E-state index is -3.63. The van der Waals surface area contributed by atoms with Gasteiger partial charge in [-0.05, 0) is 50.3 Å². The zero-order chi connectivity index (χ0) is 23.6. The van der Waals surface area contributed by atoms with Gasteiger partial charge in [-0.25, -0.2) is 8.42 Å². The van der Waals surface area contributed by atoms with E-state index in [1.165, 1.54) is 9.87 Å². The van der Waals surface area contributed by atoms with E-state index in [9.17, 15) is 13.2 Å². The summed E-state index contributed by atoms with van der Waals surface area (Å²) in [5.74, 6) is -0.160. The third kappa shape index (κ3) is 5.31. The number of hydrogen-bond donors (Lipinski definition) is 0. The third-order valence-corrected chi connectivity index (χ3v) is 9.04. The molecule has 1 atom stereocenters. The Kier molecular flexibility index (Phi) is 7.22. The van der Waals surface area contributed by atoms with Crippen molar-refractivity contribution in [2.24, 2.45) is 5.92 Å². The van der Waals surface area contributed by atoms with Crippen LogP contribution in [0.2, 0.25) is 0 Å². The molecular formula is C26H35N3O3S. The zero-order valence-electron chi connectivity index (χ0n) is 20.0. The van der Waals surface area contributed by atoms with Gasteiger partial charge in [0.05, 0.1) is 10.8 Å². The van der Waals surface area contributed by atoms with Crippen molar-refractivity contribution in [3.63, 3.8) is 0 Å². The predicted octanol–water partition coefficient (Wildman–Crippen LogP) is 3.36. The summed E-state index contributed by atoms with van der Waals surface area (Å²) in [7, 11) is -3.63. The number of aryl methyl sites for hydroxylation is 3. The Morgan fingerprint density at radius 2 is 1.58 bits per heavy atom. The first kappa shape index (κ1) is 23.9. The van der Waals surface area contributed by atoms with Gasteiger partial charge in [0.25, 0.3) is 0 Å². The maximum absolute atomic E-state index is 13.5. The van der Waals surface area contributed by atoms with Crippen LogP contribution in [0.25, 0.3) is 0 Å². The van der Waals surface area contributed by atoms with Gasteiger partial charge in [-0.15, -0.1) is 0 Å². The van der Waals surface area contributed by atoms with Crippen LogP contribution in [0.15, 0.2) is 47.4 Å². The standard InChI is InChI=1S/C26H35N3O3S/c1-20-16-21(2)25(22(3)17-20)33(31,32)29-11-7-10-24(19-29)26(30)28-14-12-27(13-15-28)18-23-8-5-4-6-9-23/h4-6,8-9,16-17,24H,7,10-15,18-19H2,1-3H3/t24-/m1/s1. The maximum Gasteiger partial charge on any atom is 0.243 e. The highest BCUT2D eigenvalue weighted by Gasteiger charge is 2.36. The van der Waals surface area contributed by atoms with Gasteiger partial charge in [0.1, 0.15) is 0 Å². The normalized spacial score (nSPS) is 20.7. The molecule has 2 aromatic carbocycles. The number of nitrogens with zero attached hydrogens (tertiary/aromatic N) is 3. The lowest BCUT2D eigenvalue weighted by atomic mass is 9.97. The Hall–Kier alpha value is -2.22. The first-order valence-corrected chi connectivity index (χ1v) is 13.3. The van der Waals surface area contributed by atoms with Crippen molar-refractivity contribution >= 4 is 15.9 Å². The Morgan fingerprint density at radius 1 is 0.939 bits per heavy atom. The number of carbonyl (C=O) groups is 1. The van der Waals surface area contributed by atoms with Crippen molar-refractivity contribution in [1.29, 1.82) is 0 Å². The summed E-state index contributed by atoms with van der Waals surface area (Å²) in [6.07, 6.45) is 1.47. The fourth-order valence-corrected chi connectivity index (χ4v) is 7.23. The summed E-state index contributed by atoms with van der Waals surface area (Å²) in [6, 6.07) is 14.2. The van der Waals surface area contributed by atoms with Gasteiger partial charge in [-0.2, -0.15) is 4.31 Å². The third-order valence-electron chi connectivity index (χ3n) is 6.87. The minimum absolute atomic E-state index is 0.103. The van der Waals surface area contributed by atoms with Gasteiger partial charge in [0, 0.05) is 45.8 Å². The molecule has 0 N–H and O–H groups in total. The summed E-state index contributed by atoms with van der Waals surface area (Å²) in [5.41, 5.74) is 3.89. The van der Waals surface area contributed by atoms with E-state index < -0.39 is 10.0 Å². The van der Waals surface area contributed by atoms with Crippen LogP contribution in [-0.2, 0) is 21.4 Å². The molecular weight excluding hydrogens is 434 g/mol. The molecule has 2 heterocycles. The minimum Gasteiger partial charge on any atom is -0.340 e. The molecule has 33 heavy (non-hydrogen) atoms. The molecule has 0 spiro atoms. The van der Waals surface area contributed by atoms with Crippen molar-refractivity contribution in [3.8, 4) is 0 Å². The molecule has 0 aliphatic carbocycles. The summed E-state index contributed by atoms with van der Waals surface area (Å²) in [6.45, 7) is 10.4. The summed E-state index contributed by atoms with van der Waals surface area (Å²) in [5, 5.41) is 0. The molecule has 0 radical (unpaired) electrons. The molecule has 1 amide bonds. The number of piperazine rings is 1. The van der Waals surface area contributed by atoms with Crippen molar-refractivity contribution in [2.75, 3.05) is 39.3 Å². The van der Waals surface area contributed by atoms with E-state index in [-0.39, 0.29) is 18.4 Å². The number of carbonyl (C=O) groups excluding carboxylic acids is 1. The summed E-state index contributed by atoms with van der Waals surface area (Å²) < 4.78 is 28.5. The van der Waals surface area contributed by atoms with Crippen LogP contribution in [0, 0.1) is 26.7 Å². The molecule has 0 unspecified atom stereocenters. The van der Waals surface area contributed by atoms with E-state index in [4.69, 9.17) is 0 Å². The lowest BCUT2D eigenvalue weighted by Gasteiger charge is -2.39. The van der Waals surface area contributed by atoms with Gasteiger partial charge < -0.3 is 4.90 Å².